The van der Waals surface area contributed by atoms with E-state index in [-0.39, 0.29) is 0 Å². The van der Waals surface area contributed by atoms with Gasteiger partial charge in [0.15, 0.2) is 25.5 Å². The molecule has 0 fully saturated rings. The molecule has 0 spiro atoms. The van der Waals surface area contributed by atoms with E-state index in [2.05, 4.69) is 199 Å². The zero-order chi connectivity index (χ0) is 45.0. The van der Waals surface area contributed by atoms with Gasteiger partial charge >= 0.3 is 0 Å². The van der Waals surface area contributed by atoms with Crippen molar-refractivity contribution >= 4 is 50.6 Å². The van der Waals surface area contributed by atoms with Gasteiger partial charge in [-0.15, -0.1) is 0 Å². The standard InChI is InChI=1S/C63H42N4Si/c1-5-18-45(19-6-1)61-64-62(46-20-7-2-8-21-46)66-63(65-61)47-34-32-43(33-35-47)48-38-41-58-56(42-48)53-26-13-15-30-57(53)67(58)49-39-36-44(37-40-49)52-28-17-29-55-54-27-14-16-31-59(54)68(60(52)55,50-22-9-3-10-23-50)51-24-11-4-12-25-51/h1-42H. The first kappa shape index (κ1) is 39.6. The van der Waals surface area contributed by atoms with Crippen LogP contribution >= 0.6 is 0 Å². The molecule has 1 aliphatic rings. The maximum absolute atomic E-state index is 4.96. The summed E-state index contributed by atoms with van der Waals surface area (Å²) in [7, 11) is -2.69. The molecular weight excluding hydrogens is 841 g/mol. The lowest BCUT2D eigenvalue weighted by Gasteiger charge is -2.33. The van der Waals surface area contributed by atoms with Crippen LogP contribution in [-0.2, 0) is 0 Å². The Bertz CT molecular complexity index is 3720. The minimum Gasteiger partial charge on any atom is -0.309 e. The molecule has 4 nitrogen and oxygen atoms in total. The van der Waals surface area contributed by atoms with E-state index in [9.17, 15) is 0 Å². The summed E-state index contributed by atoms with van der Waals surface area (Å²) < 4.78 is 2.41. The largest absolute Gasteiger partial charge is 0.309 e. The van der Waals surface area contributed by atoms with Crippen LogP contribution in [0.4, 0.5) is 0 Å². The van der Waals surface area contributed by atoms with Crippen LogP contribution in [-0.4, -0.2) is 27.6 Å². The summed E-state index contributed by atoms with van der Waals surface area (Å²) in [5.41, 5.74) is 13.8. The maximum Gasteiger partial charge on any atom is 0.181 e. The molecule has 0 saturated carbocycles. The van der Waals surface area contributed by atoms with Gasteiger partial charge in [0.05, 0.1) is 11.0 Å². The summed E-state index contributed by atoms with van der Waals surface area (Å²) >= 11 is 0. The second-order valence-corrected chi connectivity index (χ2v) is 21.2. The second-order valence-electron chi connectivity index (χ2n) is 17.5. The highest BCUT2D eigenvalue weighted by atomic mass is 28.3. The van der Waals surface area contributed by atoms with E-state index in [4.69, 9.17) is 15.0 Å². The van der Waals surface area contributed by atoms with E-state index in [0.717, 1.165) is 33.5 Å². The summed E-state index contributed by atoms with van der Waals surface area (Å²) in [6, 6.07) is 92.3. The molecular formula is C63H42N4Si. The Morgan fingerprint density at radius 2 is 0.750 bits per heavy atom. The van der Waals surface area contributed by atoms with Crippen LogP contribution in [0, 0.1) is 0 Å². The van der Waals surface area contributed by atoms with Gasteiger partial charge in [-0.25, -0.2) is 15.0 Å². The lowest BCUT2D eigenvalue weighted by Crippen LogP contribution is -2.73. The number of hydrogen-bond acceptors (Lipinski definition) is 3. The monoisotopic (exact) mass is 882 g/mol. The van der Waals surface area contributed by atoms with Gasteiger partial charge in [0.1, 0.15) is 0 Å². The molecule has 0 amide bonds. The Morgan fingerprint density at radius 3 is 1.38 bits per heavy atom. The fraction of sp³-hybridized carbons (Fsp3) is 0. The highest BCUT2D eigenvalue weighted by Gasteiger charge is 2.49. The van der Waals surface area contributed by atoms with Crippen molar-refractivity contribution in [3.05, 3.63) is 255 Å². The molecule has 3 heterocycles. The summed E-state index contributed by atoms with van der Waals surface area (Å²) in [6.45, 7) is 0. The summed E-state index contributed by atoms with van der Waals surface area (Å²) in [6.07, 6.45) is 0. The molecule has 0 unspecified atom stereocenters. The molecule has 13 rings (SSSR count). The average molecular weight is 883 g/mol. The SMILES string of the molecule is c1ccc(-c2nc(-c3ccccc3)nc(-c3ccc(-c4ccc5c(c4)c4ccccc4n5-c4ccc(-c5cccc6c5[Si](c5ccccc5)(c5ccccc5)c5ccccc5-6)cc4)cc3)n2)cc1. The van der Waals surface area contributed by atoms with Gasteiger partial charge in [-0.2, -0.15) is 0 Å². The molecule has 5 heteroatoms. The molecule has 10 aromatic carbocycles. The molecule has 1 aliphatic heterocycles. The fourth-order valence-electron chi connectivity index (χ4n) is 10.7. The predicted molar refractivity (Wildman–Crippen MR) is 284 cm³/mol. The van der Waals surface area contributed by atoms with E-state index < -0.39 is 8.07 Å². The van der Waals surface area contributed by atoms with Crippen LogP contribution in [0.1, 0.15) is 0 Å². The normalized spacial score (nSPS) is 12.5. The van der Waals surface area contributed by atoms with Crippen molar-refractivity contribution in [2.24, 2.45) is 0 Å². The van der Waals surface area contributed by atoms with Gasteiger partial charge in [-0.1, -0.05) is 224 Å². The van der Waals surface area contributed by atoms with Crippen molar-refractivity contribution < 1.29 is 0 Å². The van der Waals surface area contributed by atoms with Crippen LogP contribution in [0.3, 0.4) is 0 Å². The summed E-state index contributed by atoms with van der Waals surface area (Å²) in [4.78, 5) is 14.8. The Hall–Kier alpha value is -8.77. The zero-order valence-electron chi connectivity index (χ0n) is 37.0. The van der Waals surface area contributed by atoms with E-state index in [1.54, 1.807) is 0 Å². The van der Waals surface area contributed by atoms with Crippen LogP contribution in [0.25, 0.3) is 95.0 Å². The molecule has 0 atom stereocenters. The summed E-state index contributed by atoms with van der Waals surface area (Å²) in [5.74, 6) is 1.95. The fourth-order valence-corrected chi connectivity index (χ4v) is 16.1. The van der Waals surface area contributed by atoms with Gasteiger partial charge in [0.2, 0.25) is 0 Å². The van der Waals surface area contributed by atoms with Crippen LogP contribution < -0.4 is 20.7 Å². The molecule has 0 N–H and O–H groups in total. The highest BCUT2D eigenvalue weighted by Crippen LogP contribution is 2.38. The lowest BCUT2D eigenvalue weighted by molar-refractivity contribution is 1.07. The van der Waals surface area contributed by atoms with E-state index in [0.29, 0.717) is 17.5 Å². The molecule has 2 aromatic heterocycles. The quantitative estimate of drug-likeness (QED) is 0.143. The number of aromatic nitrogens is 4. The average Bonchev–Trinajstić information content (AvgIpc) is 3.92. The van der Waals surface area contributed by atoms with Crippen molar-refractivity contribution in [2.45, 2.75) is 0 Å². The van der Waals surface area contributed by atoms with E-state index >= 15 is 0 Å². The first-order chi connectivity index (χ1) is 33.7. The number of benzene rings is 10. The number of rotatable bonds is 8. The van der Waals surface area contributed by atoms with Gasteiger partial charge in [-0.05, 0) is 84.5 Å². The van der Waals surface area contributed by atoms with E-state index in [1.165, 1.54) is 64.8 Å². The predicted octanol–water partition coefficient (Wildman–Crippen LogP) is 12.7. The Kier molecular flexibility index (Phi) is 9.48. The van der Waals surface area contributed by atoms with Crippen molar-refractivity contribution in [1.29, 1.82) is 0 Å². The van der Waals surface area contributed by atoms with Gasteiger partial charge in [0, 0.05) is 33.2 Å². The van der Waals surface area contributed by atoms with Gasteiger partial charge < -0.3 is 4.57 Å². The third-order valence-electron chi connectivity index (χ3n) is 13.8. The molecule has 68 heavy (non-hydrogen) atoms. The molecule has 0 aliphatic carbocycles. The van der Waals surface area contributed by atoms with Crippen molar-refractivity contribution in [1.82, 2.24) is 19.5 Å². The molecule has 0 bridgehead atoms. The number of nitrogens with zero attached hydrogens (tertiary/aromatic N) is 4. The van der Waals surface area contributed by atoms with E-state index in [1.807, 2.05) is 60.7 Å². The lowest BCUT2D eigenvalue weighted by atomic mass is 9.99. The van der Waals surface area contributed by atoms with Gasteiger partial charge in [0.25, 0.3) is 0 Å². The second kappa shape index (κ2) is 16.3. The summed E-state index contributed by atoms with van der Waals surface area (Å²) in [5, 5.41) is 8.15. The van der Waals surface area contributed by atoms with Crippen molar-refractivity contribution in [3.8, 4) is 73.2 Å². The zero-order valence-corrected chi connectivity index (χ0v) is 38.0. The van der Waals surface area contributed by atoms with Gasteiger partial charge in [-0.3, -0.25) is 0 Å². The van der Waals surface area contributed by atoms with Crippen LogP contribution in [0.2, 0.25) is 0 Å². The van der Waals surface area contributed by atoms with Crippen molar-refractivity contribution in [2.75, 3.05) is 0 Å². The number of fused-ring (bicyclic) bond motifs is 6. The third kappa shape index (κ3) is 6.39. The smallest absolute Gasteiger partial charge is 0.181 e. The molecule has 12 aromatic rings. The number of hydrogen-bond donors (Lipinski definition) is 0. The Morgan fingerprint density at radius 1 is 0.294 bits per heavy atom. The maximum atomic E-state index is 4.96. The first-order valence-corrected chi connectivity index (χ1v) is 25.2. The Balaban J connectivity index is 0.883. The Labute approximate surface area is 396 Å². The molecule has 0 saturated heterocycles. The van der Waals surface area contributed by atoms with Crippen LogP contribution in [0.5, 0.6) is 0 Å². The first-order valence-electron chi connectivity index (χ1n) is 23.2. The minimum atomic E-state index is -2.69. The molecule has 0 radical (unpaired) electrons. The minimum absolute atomic E-state index is 0.643. The third-order valence-corrected chi connectivity index (χ3v) is 18.7. The van der Waals surface area contributed by atoms with Crippen LogP contribution in [0.15, 0.2) is 255 Å². The van der Waals surface area contributed by atoms with Crippen molar-refractivity contribution in [3.63, 3.8) is 0 Å². The number of para-hydroxylation sites is 1. The molecule has 318 valence electrons. The topological polar surface area (TPSA) is 43.6 Å². The highest BCUT2D eigenvalue weighted by molar-refractivity contribution is 7.22.